The highest BCUT2D eigenvalue weighted by Crippen LogP contribution is 2.29. The summed E-state index contributed by atoms with van der Waals surface area (Å²) in [7, 11) is 0. The first-order valence-electron chi connectivity index (χ1n) is 10.9. The number of hydrogen-bond donors (Lipinski definition) is 0. The molecule has 1 aromatic carbocycles. The zero-order chi connectivity index (χ0) is 21.2. The second-order valence-electron chi connectivity index (χ2n) is 8.45. The monoisotopic (exact) mass is 424 g/mol. The molecule has 164 valence electrons. The predicted molar refractivity (Wildman–Crippen MR) is 115 cm³/mol. The van der Waals surface area contributed by atoms with E-state index in [4.69, 9.17) is 14.0 Å². The Bertz CT molecular complexity index is 1030. The van der Waals surface area contributed by atoms with Gasteiger partial charge in [-0.1, -0.05) is 19.0 Å². The quantitative estimate of drug-likeness (QED) is 0.592. The minimum atomic E-state index is 0.0613. The molecule has 9 heteroatoms. The van der Waals surface area contributed by atoms with Crippen LogP contribution in [0.5, 0.6) is 5.88 Å². The molecule has 0 radical (unpaired) electrons. The second-order valence-corrected chi connectivity index (χ2v) is 8.45. The van der Waals surface area contributed by atoms with E-state index in [1.807, 2.05) is 6.07 Å². The number of piperazine rings is 1. The van der Waals surface area contributed by atoms with Crippen LogP contribution in [-0.4, -0.2) is 70.5 Å². The van der Waals surface area contributed by atoms with E-state index in [9.17, 15) is 0 Å². The Morgan fingerprint density at radius 2 is 2.03 bits per heavy atom. The third-order valence-electron chi connectivity index (χ3n) is 5.85. The number of fused-ring (bicyclic) bond motifs is 1. The number of aromatic nitrogens is 4. The number of anilines is 1. The number of nitrogens with zero attached hydrogens (tertiary/aromatic N) is 6. The average molecular weight is 425 g/mol. The van der Waals surface area contributed by atoms with E-state index in [1.54, 1.807) is 6.33 Å². The number of hydrogen-bond acceptors (Lipinski definition) is 9. The highest BCUT2D eigenvalue weighted by molar-refractivity contribution is 5.86. The van der Waals surface area contributed by atoms with Gasteiger partial charge in [0, 0.05) is 44.2 Å². The molecule has 2 aliphatic rings. The second kappa shape index (κ2) is 8.76. The summed E-state index contributed by atoms with van der Waals surface area (Å²) in [5.41, 5.74) is 2.05. The summed E-state index contributed by atoms with van der Waals surface area (Å²) < 4.78 is 16.9. The summed E-state index contributed by atoms with van der Waals surface area (Å²) in [6.07, 6.45) is 2.52. The smallest absolute Gasteiger partial charge is 0.240 e. The van der Waals surface area contributed by atoms with Gasteiger partial charge in [0.1, 0.15) is 12.4 Å². The summed E-state index contributed by atoms with van der Waals surface area (Å²) in [4.78, 5) is 18.0. The number of rotatable bonds is 6. The van der Waals surface area contributed by atoms with Gasteiger partial charge in [-0.05, 0) is 18.2 Å². The molecule has 1 atom stereocenters. The Balaban J connectivity index is 1.25. The van der Waals surface area contributed by atoms with Crippen molar-refractivity contribution in [2.45, 2.75) is 38.8 Å². The molecule has 0 aliphatic carbocycles. The first-order valence-corrected chi connectivity index (χ1v) is 10.9. The van der Waals surface area contributed by atoms with Gasteiger partial charge in [-0.2, -0.15) is 4.98 Å². The van der Waals surface area contributed by atoms with Crippen LogP contribution in [0.1, 0.15) is 37.9 Å². The van der Waals surface area contributed by atoms with Crippen molar-refractivity contribution in [2.24, 2.45) is 0 Å². The van der Waals surface area contributed by atoms with Crippen molar-refractivity contribution in [3.05, 3.63) is 36.2 Å². The van der Waals surface area contributed by atoms with Crippen LogP contribution in [0, 0.1) is 0 Å². The van der Waals surface area contributed by atoms with Crippen molar-refractivity contribution in [2.75, 3.05) is 44.3 Å². The van der Waals surface area contributed by atoms with E-state index in [1.165, 1.54) is 0 Å². The minimum Gasteiger partial charge on any atom is -0.471 e. The first kappa shape index (κ1) is 20.1. The Kier molecular flexibility index (Phi) is 5.69. The molecule has 3 aromatic rings. The van der Waals surface area contributed by atoms with Crippen molar-refractivity contribution < 1.29 is 14.0 Å². The maximum atomic E-state index is 6.11. The van der Waals surface area contributed by atoms with Crippen molar-refractivity contribution >= 4 is 16.6 Å². The fraction of sp³-hybridized carbons (Fsp3) is 0.545. The normalized spacial score (nSPS) is 20.1. The van der Waals surface area contributed by atoms with Crippen molar-refractivity contribution in [3.8, 4) is 5.88 Å². The number of ether oxygens (including phenoxy) is 2. The summed E-state index contributed by atoms with van der Waals surface area (Å²) in [5, 5.41) is 5.01. The predicted octanol–water partition coefficient (Wildman–Crippen LogP) is 2.63. The Labute approximate surface area is 181 Å². The van der Waals surface area contributed by atoms with Gasteiger partial charge in [-0.15, -0.1) is 0 Å². The van der Waals surface area contributed by atoms with Gasteiger partial charge in [0.2, 0.25) is 11.8 Å². The van der Waals surface area contributed by atoms with E-state index in [0.717, 1.165) is 61.6 Å². The lowest BCUT2D eigenvalue weighted by Gasteiger charge is -2.35. The highest BCUT2D eigenvalue weighted by atomic mass is 16.5. The molecule has 0 spiro atoms. The molecule has 2 aliphatic heterocycles. The molecule has 9 nitrogen and oxygen atoms in total. The van der Waals surface area contributed by atoms with Crippen molar-refractivity contribution in [3.63, 3.8) is 0 Å². The van der Waals surface area contributed by atoms with Crippen LogP contribution >= 0.6 is 0 Å². The fourth-order valence-electron chi connectivity index (χ4n) is 4.00. The van der Waals surface area contributed by atoms with E-state index < -0.39 is 0 Å². The van der Waals surface area contributed by atoms with Gasteiger partial charge < -0.3 is 18.9 Å². The standard InChI is InChI=1S/C22H28N6O3/c1-15(2)21-25-20(31-26-21)12-27-6-8-28(9-7-27)16-3-4-19-18(11-16)22(24-14-23-19)30-17-5-10-29-13-17/h3-4,11,14-15,17H,5-10,12-13H2,1-2H3. The molecule has 0 amide bonds. The summed E-state index contributed by atoms with van der Waals surface area (Å²) >= 11 is 0. The minimum absolute atomic E-state index is 0.0613. The zero-order valence-electron chi connectivity index (χ0n) is 18.0. The molecule has 0 N–H and O–H groups in total. The molecule has 4 heterocycles. The van der Waals surface area contributed by atoms with Crippen LogP contribution in [-0.2, 0) is 11.3 Å². The Hall–Kier alpha value is -2.78. The molecule has 0 bridgehead atoms. The van der Waals surface area contributed by atoms with Gasteiger partial charge in [0.15, 0.2) is 5.82 Å². The van der Waals surface area contributed by atoms with E-state index in [0.29, 0.717) is 24.9 Å². The largest absolute Gasteiger partial charge is 0.471 e. The van der Waals surface area contributed by atoms with Crippen LogP contribution < -0.4 is 9.64 Å². The Morgan fingerprint density at radius 1 is 1.16 bits per heavy atom. The van der Waals surface area contributed by atoms with E-state index in [-0.39, 0.29) is 12.0 Å². The summed E-state index contributed by atoms with van der Waals surface area (Å²) in [5.74, 6) is 2.38. The van der Waals surface area contributed by atoms with Crippen LogP contribution in [0.25, 0.3) is 10.9 Å². The van der Waals surface area contributed by atoms with Crippen molar-refractivity contribution in [1.29, 1.82) is 0 Å². The van der Waals surface area contributed by atoms with Crippen LogP contribution in [0.3, 0.4) is 0 Å². The highest BCUT2D eigenvalue weighted by Gasteiger charge is 2.22. The van der Waals surface area contributed by atoms with E-state index >= 15 is 0 Å². The average Bonchev–Trinajstić information content (AvgIpc) is 3.47. The summed E-state index contributed by atoms with van der Waals surface area (Å²) in [6.45, 7) is 9.92. The molecule has 2 fully saturated rings. The van der Waals surface area contributed by atoms with Gasteiger partial charge in [-0.3, -0.25) is 4.90 Å². The molecule has 2 saturated heterocycles. The van der Waals surface area contributed by atoms with Crippen LogP contribution in [0.15, 0.2) is 29.0 Å². The lowest BCUT2D eigenvalue weighted by Crippen LogP contribution is -2.46. The first-order chi connectivity index (χ1) is 15.2. The van der Waals surface area contributed by atoms with Crippen molar-refractivity contribution in [1.82, 2.24) is 25.0 Å². The molecule has 5 rings (SSSR count). The van der Waals surface area contributed by atoms with E-state index in [2.05, 4.69) is 55.9 Å². The van der Waals surface area contributed by atoms with Gasteiger partial charge in [0.25, 0.3) is 0 Å². The topological polar surface area (TPSA) is 89.6 Å². The molecular weight excluding hydrogens is 396 g/mol. The maximum Gasteiger partial charge on any atom is 0.240 e. The Morgan fingerprint density at radius 3 is 2.77 bits per heavy atom. The van der Waals surface area contributed by atoms with Gasteiger partial charge in [0.05, 0.1) is 30.7 Å². The molecule has 0 saturated carbocycles. The molecular formula is C22H28N6O3. The van der Waals surface area contributed by atoms with Gasteiger partial charge >= 0.3 is 0 Å². The zero-order valence-corrected chi connectivity index (χ0v) is 18.0. The van der Waals surface area contributed by atoms with Gasteiger partial charge in [-0.25, -0.2) is 9.97 Å². The third-order valence-corrected chi connectivity index (χ3v) is 5.85. The maximum absolute atomic E-state index is 6.11. The molecule has 31 heavy (non-hydrogen) atoms. The summed E-state index contributed by atoms with van der Waals surface area (Å²) in [6, 6.07) is 6.31. The third kappa shape index (κ3) is 4.47. The molecule has 2 aromatic heterocycles. The lowest BCUT2D eigenvalue weighted by molar-refractivity contribution is 0.139. The van der Waals surface area contributed by atoms with Crippen LogP contribution in [0.2, 0.25) is 0 Å². The van der Waals surface area contributed by atoms with Crippen LogP contribution in [0.4, 0.5) is 5.69 Å². The molecule has 1 unspecified atom stereocenters. The lowest BCUT2D eigenvalue weighted by atomic mass is 10.2. The number of benzene rings is 1. The SMILES string of the molecule is CC(C)c1noc(CN2CCN(c3ccc4ncnc(OC5CCOC5)c4c3)CC2)n1. The fourth-order valence-corrected chi connectivity index (χ4v) is 4.00.